The van der Waals surface area contributed by atoms with E-state index in [9.17, 15) is 10.1 Å². The summed E-state index contributed by atoms with van der Waals surface area (Å²) in [7, 11) is 1.79. The normalized spacial score (nSPS) is 10.1. The monoisotopic (exact) mass is 235 g/mol. The van der Waals surface area contributed by atoms with Crippen LogP contribution < -0.4 is 5.32 Å². The third kappa shape index (κ3) is 2.01. The van der Waals surface area contributed by atoms with E-state index in [1.165, 1.54) is 17.4 Å². The second-order valence-corrected chi connectivity index (χ2v) is 4.12. The highest BCUT2D eigenvalue weighted by molar-refractivity contribution is 7.18. The largest absolute Gasteiger partial charge is 0.365 e. The van der Waals surface area contributed by atoms with Crippen molar-refractivity contribution in [3.63, 3.8) is 0 Å². The van der Waals surface area contributed by atoms with E-state index in [1.807, 2.05) is 6.07 Å². The van der Waals surface area contributed by atoms with Crippen LogP contribution in [0, 0.1) is 10.1 Å². The minimum Gasteiger partial charge on any atom is -0.365 e. The quantitative estimate of drug-likeness (QED) is 0.656. The molecular weight excluding hydrogens is 226 g/mol. The van der Waals surface area contributed by atoms with Gasteiger partial charge in [-0.05, 0) is 0 Å². The van der Waals surface area contributed by atoms with Crippen molar-refractivity contribution in [2.24, 2.45) is 0 Å². The van der Waals surface area contributed by atoms with Crippen LogP contribution in [0.4, 0.5) is 10.8 Å². The van der Waals surface area contributed by atoms with E-state index in [2.05, 4.69) is 10.3 Å². The van der Waals surface area contributed by atoms with Crippen molar-refractivity contribution < 1.29 is 4.92 Å². The molecule has 82 valence electrons. The summed E-state index contributed by atoms with van der Waals surface area (Å²) >= 11 is 1.46. The lowest BCUT2D eigenvalue weighted by Gasteiger charge is -1.96. The molecule has 2 rings (SSSR count). The Balaban J connectivity index is 2.40. The molecule has 0 bridgehead atoms. The van der Waals surface area contributed by atoms with Crippen LogP contribution in [0.2, 0.25) is 0 Å². The van der Waals surface area contributed by atoms with Gasteiger partial charge in [0.25, 0.3) is 5.69 Å². The molecule has 1 N–H and O–H groups in total. The lowest BCUT2D eigenvalue weighted by atomic mass is 10.2. The van der Waals surface area contributed by atoms with E-state index >= 15 is 0 Å². The molecule has 0 saturated carbocycles. The predicted octanol–water partition coefficient (Wildman–Crippen LogP) is 2.76. The molecule has 1 aromatic heterocycles. The van der Waals surface area contributed by atoms with Gasteiger partial charge in [0.15, 0.2) is 5.13 Å². The Kier molecular flexibility index (Phi) is 2.82. The number of nitro benzene ring substituents is 1. The van der Waals surface area contributed by atoms with Crippen LogP contribution in [0.15, 0.2) is 30.5 Å². The van der Waals surface area contributed by atoms with Gasteiger partial charge in [-0.1, -0.05) is 23.5 Å². The number of hydrogen-bond donors (Lipinski definition) is 1. The predicted molar refractivity (Wildman–Crippen MR) is 63.8 cm³/mol. The second-order valence-electron chi connectivity index (χ2n) is 3.09. The van der Waals surface area contributed by atoms with Crippen LogP contribution in [0.5, 0.6) is 0 Å². The number of benzene rings is 1. The molecule has 2 aromatic rings. The summed E-state index contributed by atoms with van der Waals surface area (Å²) in [6.45, 7) is 0. The summed E-state index contributed by atoms with van der Waals surface area (Å²) in [5.41, 5.74) is 0.908. The minimum absolute atomic E-state index is 0.0944. The molecule has 0 unspecified atom stereocenters. The molecule has 0 spiro atoms. The first-order valence-corrected chi connectivity index (χ1v) is 5.41. The number of anilines is 1. The average Bonchev–Trinajstić information content (AvgIpc) is 2.77. The van der Waals surface area contributed by atoms with Gasteiger partial charge >= 0.3 is 0 Å². The molecule has 0 radical (unpaired) electrons. The molecule has 6 heteroatoms. The zero-order chi connectivity index (χ0) is 11.5. The van der Waals surface area contributed by atoms with Gasteiger partial charge in [0, 0.05) is 30.9 Å². The van der Waals surface area contributed by atoms with Crippen LogP contribution in [-0.2, 0) is 0 Å². The van der Waals surface area contributed by atoms with Gasteiger partial charge in [0.1, 0.15) is 0 Å². The number of aromatic nitrogens is 1. The van der Waals surface area contributed by atoms with Crippen molar-refractivity contribution in [2.75, 3.05) is 12.4 Å². The van der Waals surface area contributed by atoms with E-state index in [4.69, 9.17) is 0 Å². The van der Waals surface area contributed by atoms with Crippen LogP contribution in [0.1, 0.15) is 0 Å². The second kappa shape index (κ2) is 4.28. The van der Waals surface area contributed by atoms with Gasteiger partial charge in [0.05, 0.1) is 9.80 Å². The Hall–Kier alpha value is -1.95. The lowest BCUT2D eigenvalue weighted by Crippen LogP contribution is -1.87. The summed E-state index contributed by atoms with van der Waals surface area (Å²) in [6.07, 6.45) is 1.70. The molecule has 0 saturated heterocycles. The first-order valence-electron chi connectivity index (χ1n) is 4.59. The zero-order valence-electron chi connectivity index (χ0n) is 8.51. The van der Waals surface area contributed by atoms with Crippen LogP contribution in [0.25, 0.3) is 10.4 Å². The third-order valence-electron chi connectivity index (χ3n) is 2.06. The molecule has 1 heterocycles. The highest BCUT2D eigenvalue weighted by atomic mass is 32.1. The smallest absolute Gasteiger partial charge is 0.270 e. The van der Waals surface area contributed by atoms with E-state index < -0.39 is 4.92 Å². The number of nitro groups is 1. The highest BCUT2D eigenvalue weighted by Gasteiger charge is 2.09. The molecule has 5 nitrogen and oxygen atoms in total. The molecule has 0 atom stereocenters. The molecule has 0 aliphatic rings. The summed E-state index contributed by atoms with van der Waals surface area (Å²) in [5.74, 6) is 0. The fraction of sp³-hybridized carbons (Fsp3) is 0.100. The van der Waals surface area contributed by atoms with Gasteiger partial charge < -0.3 is 5.32 Å². The van der Waals surface area contributed by atoms with Gasteiger partial charge in [0.2, 0.25) is 0 Å². The number of hydrogen-bond acceptors (Lipinski definition) is 5. The summed E-state index contributed by atoms with van der Waals surface area (Å²) in [4.78, 5) is 15.3. The maximum Gasteiger partial charge on any atom is 0.270 e. The number of nitrogens with zero attached hydrogens (tertiary/aromatic N) is 2. The Bertz CT molecular complexity index is 524. The number of rotatable bonds is 3. The maximum atomic E-state index is 10.6. The lowest BCUT2D eigenvalue weighted by molar-refractivity contribution is -0.384. The fourth-order valence-corrected chi connectivity index (χ4v) is 2.06. The molecular formula is C10H9N3O2S. The van der Waals surface area contributed by atoms with Crippen molar-refractivity contribution in [1.82, 2.24) is 4.98 Å². The first-order chi connectivity index (χ1) is 7.70. The van der Waals surface area contributed by atoms with Crippen LogP contribution in [-0.4, -0.2) is 17.0 Å². The molecule has 0 fully saturated rings. The third-order valence-corrected chi connectivity index (χ3v) is 3.12. The maximum absolute atomic E-state index is 10.6. The van der Waals surface area contributed by atoms with Crippen LogP contribution >= 0.6 is 11.3 Å². The first kappa shape index (κ1) is 10.6. The summed E-state index contributed by atoms with van der Waals surface area (Å²) in [6, 6.07) is 6.53. The molecule has 0 aliphatic heterocycles. The molecule has 1 aromatic carbocycles. The number of thiazole rings is 1. The summed E-state index contributed by atoms with van der Waals surface area (Å²) in [5, 5.41) is 14.3. The Morgan fingerprint density at radius 3 is 2.94 bits per heavy atom. The number of nitrogens with one attached hydrogen (secondary N) is 1. The topological polar surface area (TPSA) is 68.1 Å². The highest BCUT2D eigenvalue weighted by Crippen LogP contribution is 2.30. The Morgan fingerprint density at radius 2 is 2.31 bits per heavy atom. The standard InChI is InChI=1S/C10H9N3O2S/c1-11-10-12-6-9(16-10)7-3-2-4-8(5-7)13(14)15/h2-6H,1H3,(H,11,12). The zero-order valence-corrected chi connectivity index (χ0v) is 9.32. The molecule has 0 amide bonds. The Labute approximate surface area is 95.9 Å². The summed E-state index contributed by atoms with van der Waals surface area (Å²) < 4.78 is 0. The van der Waals surface area contributed by atoms with Gasteiger partial charge in [-0.3, -0.25) is 10.1 Å². The average molecular weight is 235 g/mol. The van der Waals surface area contributed by atoms with E-state index in [1.54, 1.807) is 25.4 Å². The molecule has 0 aliphatic carbocycles. The fourth-order valence-electron chi connectivity index (χ4n) is 1.30. The van der Waals surface area contributed by atoms with Crippen LogP contribution in [0.3, 0.4) is 0 Å². The van der Waals surface area contributed by atoms with E-state index in [0.717, 1.165) is 15.6 Å². The van der Waals surface area contributed by atoms with Crippen molar-refractivity contribution in [3.8, 4) is 10.4 Å². The van der Waals surface area contributed by atoms with Crippen molar-refractivity contribution in [2.45, 2.75) is 0 Å². The van der Waals surface area contributed by atoms with E-state index in [0.29, 0.717) is 0 Å². The van der Waals surface area contributed by atoms with E-state index in [-0.39, 0.29) is 5.69 Å². The van der Waals surface area contributed by atoms with Gasteiger partial charge in [-0.2, -0.15) is 0 Å². The molecule has 16 heavy (non-hydrogen) atoms. The minimum atomic E-state index is -0.399. The Morgan fingerprint density at radius 1 is 1.50 bits per heavy atom. The SMILES string of the molecule is CNc1ncc(-c2cccc([N+](=O)[O-])c2)s1. The van der Waals surface area contributed by atoms with Crippen molar-refractivity contribution >= 4 is 22.2 Å². The van der Waals surface area contributed by atoms with Crippen molar-refractivity contribution in [3.05, 3.63) is 40.6 Å². The van der Waals surface area contributed by atoms with Crippen molar-refractivity contribution in [1.29, 1.82) is 0 Å². The van der Waals surface area contributed by atoms with Gasteiger partial charge in [-0.15, -0.1) is 0 Å². The number of non-ortho nitro benzene ring substituents is 1. The van der Waals surface area contributed by atoms with Gasteiger partial charge in [-0.25, -0.2) is 4.98 Å².